The van der Waals surface area contributed by atoms with Crippen LogP contribution in [-0.4, -0.2) is 22.6 Å². The number of carboxylic acids is 1. The molecule has 3 nitrogen and oxygen atoms in total. The number of hydrogen-bond acceptors (Lipinski definition) is 3. The summed E-state index contributed by atoms with van der Waals surface area (Å²) in [6, 6.07) is 8.98. The second-order valence-corrected chi connectivity index (χ2v) is 5.15. The largest absolute Gasteiger partial charge is 0.480 e. The highest BCUT2D eigenvalue weighted by Crippen LogP contribution is 2.29. The van der Waals surface area contributed by atoms with E-state index in [1.807, 2.05) is 19.9 Å². The fraction of sp³-hybridized carbons (Fsp3) is 0.385. The lowest BCUT2D eigenvalue weighted by atomic mass is 10.1. The molecule has 1 atom stereocenters. The van der Waals surface area contributed by atoms with Crippen LogP contribution in [0.1, 0.15) is 24.7 Å². The number of carbonyl (C=O) groups excluding carboxylic acids is 1. The minimum atomic E-state index is -0.905. The molecule has 0 saturated heterocycles. The molecule has 0 heterocycles. The Morgan fingerprint density at radius 2 is 1.82 bits per heavy atom. The molecule has 0 bridgehead atoms. The highest BCUT2D eigenvalue weighted by molar-refractivity contribution is 8.00. The van der Waals surface area contributed by atoms with Crippen LogP contribution < -0.4 is 0 Å². The maximum atomic E-state index is 11.5. The van der Waals surface area contributed by atoms with Gasteiger partial charge in [0.15, 0.2) is 0 Å². The number of carboxylic acid groups (broad SMARTS) is 1. The molecule has 0 aromatic heterocycles. The molecule has 17 heavy (non-hydrogen) atoms. The van der Waals surface area contributed by atoms with Gasteiger partial charge < -0.3 is 5.11 Å². The number of carbonyl (C=O) groups is 2. The van der Waals surface area contributed by atoms with E-state index in [9.17, 15) is 9.59 Å². The Labute approximate surface area is 105 Å². The van der Waals surface area contributed by atoms with Gasteiger partial charge in [0.05, 0.1) is 5.75 Å². The topological polar surface area (TPSA) is 54.4 Å². The molecule has 0 saturated carbocycles. The first-order chi connectivity index (χ1) is 8.02. The van der Waals surface area contributed by atoms with Crippen LogP contribution >= 0.6 is 11.8 Å². The molecule has 92 valence electrons. The molecule has 1 aromatic rings. The van der Waals surface area contributed by atoms with Gasteiger partial charge >= 0.3 is 5.97 Å². The maximum Gasteiger partial charge on any atom is 0.321 e. The van der Waals surface area contributed by atoms with Gasteiger partial charge in [0.25, 0.3) is 0 Å². The zero-order valence-corrected chi connectivity index (χ0v) is 10.7. The molecule has 0 aliphatic carbocycles. The summed E-state index contributed by atoms with van der Waals surface area (Å²) in [5, 5.41) is 8.48. The fourth-order valence-electron chi connectivity index (χ4n) is 1.27. The van der Waals surface area contributed by atoms with Crippen LogP contribution in [0, 0.1) is 5.92 Å². The van der Waals surface area contributed by atoms with E-state index in [1.165, 1.54) is 11.8 Å². The second-order valence-electron chi connectivity index (χ2n) is 4.06. The van der Waals surface area contributed by atoms with Crippen LogP contribution in [-0.2, 0) is 9.59 Å². The molecule has 0 radical (unpaired) electrons. The Morgan fingerprint density at radius 1 is 1.24 bits per heavy atom. The van der Waals surface area contributed by atoms with Gasteiger partial charge in [-0.15, -0.1) is 11.8 Å². The lowest BCUT2D eigenvalue weighted by Gasteiger charge is -2.12. The van der Waals surface area contributed by atoms with E-state index in [1.54, 1.807) is 24.3 Å². The van der Waals surface area contributed by atoms with E-state index in [0.29, 0.717) is 0 Å². The normalized spacial score (nSPS) is 12.4. The number of benzene rings is 1. The number of rotatable bonds is 6. The first-order valence-corrected chi connectivity index (χ1v) is 6.49. The van der Waals surface area contributed by atoms with E-state index < -0.39 is 11.2 Å². The van der Waals surface area contributed by atoms with Crippen LogP contribution in [0.2, 0.25) is 0 Å². The molecule has 1 aromatic carbocycles. The van der Waals surface area contributed by atoms with Crippen LogP contribution in [0.15, 0.2) is 30.3 Å². The zero-order chi connectivity index (χ0) is 12.8. The summed E-state index contributed by atoms with van der Waals surface area (Å²) >= 11 is 1.17. The summed E-state index contributed by atoms with van der Waals surface area (Å²) in [7, 11) is 0. The third kappa shape index (κ3) is 4.23. The zero-order valence-electron chi connectivity index (χ0n) is 9.92. The van der Waals surface area contributed by atoms with Crippen LogP contribution in [0.3, 0.4) is 0 Å². The van der Waals surface area contributed by atoms with Crippen LogP contribution in [0.4, 0.5) is 0 Å². The predicted molar refractivity (Wildman–Crippen MR) is 69.1 cm³/mol. The van der Waals surface area contributed by atoms with Crippen LogP contribution in [0.5, 0.6) is 0 Å². The van der Waals surface area contributed by atoms with Crippen molar-refractivity contribution >= 4 is 23.5 Å². The van der Waals surface area contributed by atoms with E-state index in [4.69, 9.17) is 5.11 Å². The Balaban J connectivity index is 2.69. The highest BCUT2D eigenvalue weighted by Gasteiger charge is 2.21. The summed E-state index contributed by atoms with van der Waals surface area (Å²) < 4.78 is 0. The van der Waals surface area contributed by atoms with Gasteiger partial charge in [-0.1, -0.05) is 44.2 Å². The lowest BCUT2D eigenvalue weighted by Crippen LogP contribution is -2.14. The minimum Gasteiger partial charge on any atom is -0.480 e. The van der Waals surface area contributed by atoms with Crippen molar-refractivity contribution in [3.8, 4) is 0 Å². The quantitative estimate of drug-likeness (QED) is 0.845. The van der Waals surface area contributed by atoms with E-state index in [2.05, 4.69) is 0 Å². The summed E-state index contributed by atoms with van der Waals surface area (Å²) in [4.78, 5) is 22.6. The average molecular weight is 252 g/mol. The van der Waals surface area contributed by atoms with Gasteiger partial charge in [-0.05, 0) is 5.56 Å². The predicted octanol–water partition coefficient (Wildman–Crippen LogP) is 2.77. The molecular weight excluding hydrogens is 236 g/mol. The number of hydrogen-bond donors (Lipinski definition) is 1. The van der Waals surface area contributed by atoms with Crippen molar-refractivity contribution in [3.05, 3.63) is 35.9 Å². The first kappa shape index (κ1) is 13.8. The molecule has 1 N–H and O–H groups in total. The van der Waals surface area contributed by atoms with Gasteiger partial charge in [-0.2, -0.15) is 0 Å². The number of ketones is 1. The molecule has 0 aliphatic rings. The van der Waals surface area contributed by atoms with Crippen molar-refractivity contribution in [1.29, 1.82) is 0 Å². The summed E-state index contributed by atoms with van der Waals surface area (Å²) in [5.74, 6) is -0.633. The Morgan fingerprint density at radius 3 is 2.29 bits per heavy atom. The molecule has 1 rings (SSSR count). The molecular formula is C13H16O3S. The van der Waals surface area contributed by atoms with E-state index in [-0.39, 0.29) is 17.5 Å². The Kier molecular flexibility index (Phi) is 5.22. The monoisotopic (exact) mass is 252 g/mol. The lowest BCUT2D eigenvalue weighted by molar-refractivity contribution is -0.136. The number of thioether (sulfide) groups is 1. The average Bonchev–Trinajstić information content (AvgIpc) is 2.29. The molecule has 1 unspecified atom stereocenters. The van der Waals surface area contributed by atoms with Crippen molar-refractivity contribution in [2.45, 2.75) is 19.1 Å². The Hall–Kier alpha value is -1.29. The van der Waals surface area contributed by atoms with Crippen molar-refractivity contribution in [1.82, 2.24) is 0 Å². The van der Waals surface area contributed by atoms with Crippen molar-refractivity contribution in [3.63, 3.8) is 0 Å². The SMILES string of the molecule is CC(C)C(=O)CSC(C(=O)O)c1ccccc1. The number of aliphatic carboxylic acids is 1. The smallest absolute Gasteiger partial charge is 0.321 e. The Bertz CT molecular complexity index is 387. The molecule has 0 amide bonds. The van der Waals surface area contributed by atoms with Gasteiger partial charge in [-0.25, -0.2) is 0 Å². The second kappa shape index (κ2) is 6.45. The van der Waals surface area contributed by atoms with Crippen molar-refractivity contribution in [2.24, 2.45) is 5.92 Å². The standard InChI is InChI=1S/C13H16O3S/c1-9(2)11(14)8-17-12(13(15)16)10-6-4-3-5-7-10/h3-7,9,12H,8H2,1-2H3,(H,15,16). The maximum absolute atomic E-state index is 11.5. The van der Waals surface area contributed by atoms with Gasteiger partial charge in [-0.3, -0.25) is 9.59 Å². The molecule has 4 heteroatoms. The van der Waals surface area contributed by atoms with Gasteiger partial charge in [0.1, 0.15) is 11.0 Å². The van der Waals surface area contributed by atoms with Gasteiger partial charge in [0, 0.05) is 5.92 Å². The third-order valence-corrected chi connectivity index (χ3v) is 3.62. The molecule has 0 aliphatic heterocycles. The minimum absolute atomic E-state index is 0.0484. The summed E-state index contributed by atoms with van der Waals surface area (Å²) in [6.45, 7) is 3.64. The van der Waals surface area contributed by atoms with Crippen LogP contribution in [0.25, 0.3) is 0 Å². The summed E-state index contributed by atoms with van der Waals surface area (Å²) in [5.41, 5.74) is 0.724. The molecule has 0 spiro atoms. The molecule has 0 fully saturated rings. The highest BCUT2D eigenvalue weighted by atomic mass is 32.2. The number of Topliss-reactive ketones (excluding diaryl/α,β-unsaturated/α-hetero) is 1. The van der Waals surface area contributed by atoms with Gasteiger partial charge in [0.2, 0.25) is 0 Å². The van der Waals surface area contributed by atoms with Crippen molar-refractivity contribution < 1.29 is 14.7 Å². The van der Waals surface area contributed by atoms with E-state index >= 15 is 0 Å². The summed E-state index contributed by atoms with van der Waals surface area (Å²) in [6.07, 6.45) is 0. The fourth-order valence-corrected chi connectivity index (χ4v) is 2.43. The first-order valence-electron chi connectivity index (χ1n) is 5.44. The van der Waals surface area contributed by atoms with E-state index in [0.717, 1.165) is 5.56 Å². The third-order valence-electron chi connectivity index (χ3n) is 2.36. The van der Waals surface area contributed by atoms with Crippen molar-refractivity contribution in [2.75, 3.05) is 5.75 Å².